The van der Waals surface area contributed by atoms with Crippen LogP contribution in [0.2, 0.25) is 0 Å². The lowest BCUT2D eigenvalue weighted by atomic mass is 9.41. The van der Waals surface area contributed by atoms with E-state index < -0.39 is 42.0 Å². The molecule has 0 aromatic heterocycles. The van der Waals surface area contributed by atoms with Gasteiger partial charge in [-0.1, -0.05) is 25.5 Å². The Morgan fingerprint density at radius 2 is 1.78 bits per heavy atom. The fourth-order valence-electron chi connectivity index (χ4n) is 9.31. The van der Waals surface area contributed by atoms with Crippen LogP contribution in [0.1, 0.15) is 85.5 Å². The minimum Gasteiger partial charge on any atom is -0.463 e. The fourth-order valence-corrected chi connectivity index (χ4v) is 9.31. The molecular formula is C29H42O8. The standard InChI is InChI=1S/C29H42O8/c1-16-13-29-12-9-21-27(4,22(29)8-7-19(16)14-29)10-6-11-28(21,5)26(33)37-25-23(32)24(35-18(3)31)20(36-25)15-34-17(2)30/h19-25,32H,1,6-15H2,2-5H3/t19-,20+,21-,22-,23-,24+,25-,27+,28+,29+/m0/s1. The van der Waals surface area contributed by atoms with E-state index >= 15 is 0 Å². The van der Waals surface area contributed by atoms with Gasteiger partial charge in [-0.3, -0.25) is 14.4 Å². The Bertz CT molecular complexity index is 977. The second-order valence-corrected chi connectivity index (χ2v) is 12.9. The number of fused-ring (bicyclic) bond motifs is 3. The predicted octanol–water partition coefficient (Wildman–Crippen LogP) is 4.08. The highest BCUT2D eigenvalue weighted by Gasteiger charge is 2.65. The van der Waals surface area contributed by atoms with Crippen LogP contribution in [0.3, 0.4) is 0 Å². The molecule has 0 amide bonds. The lowest BCUT2D eigenvalue weighted by Gasteiger charge is -2.63. The number of hydrogen-bond donors (Lipinski definition) is 1. The van der Waals surface area contributed by atoms with Gasteiger partial charge in [-0.25, -0.2) is 0 Å². The van der Waals surface area contributed by atoms with E-state index in [-0.39, 0.29) is 23.9 Å². The number of carbonyl (C=O) groups is 3. The molecule has 4 saturated carbocycles. The Kier molecular flexibility index (Phi) is 6.75. The van der Waals surface area contributed by atoms with E-state index in [9.17, 15) is 19.5 Å². The highest BCUT2D eigenvalue weighted by atomic mass is 16.7. The fraction of sp³-hybridized carbons (Fsp3) is 0.828. The van der Waals surface area contributed by atoms with E-state index in [2.05, 4.69) is 13.5 Å². The van der Waals surface area contributed by atoms with Gasteiger partial charge in [0, 0.05) is 13.8 Å². The van der Waals surface area contributed by atoms with Crippen LogP contribution >= 0.6 is 0 Å². The van der Waals surface area contributed by atoms with Crippen molar-refractivity contribution in [2.75, 3.05) is 6.61 Å². The minimum absolute atomic E-state index is 0.0488. The summed E-state index contributed by atoms with van der Waals surface area (Å²) in [6.45, 7) is 11.1. The molecule has 1 heterocycles. The summed E-state index contributed by atoms with van der Waals surface area (Å²) in [6, 6.07) is 0. The van der Waals surface area contributed by atoms with Crippen LogP contribution in [0.25, 0.3) is 0 Å². The molecule has 0 aromatic rings. The highest BCUT2D eigenvalue weighted by Crippen LogP contribution is 2.72. The van der Waals surface area contributed by atoms with Crippen LogP contribution in [0.5, 0.6) is 0 Å². The average Bonchev–Trinajstić information content (AvgIpc) is 3.23. The zero-order valence-corrected chi connectivity index (χ0v) is 22.6. The van der Waals surface area contributed by atoms with E-state index in [0.29, 0.717) is 17.3 Å². The second kappa shape index (κ2) is 9.37. The van der Waals surface area contributed by atoms with E-state index in [0.717, 1.165) is 38.5 Å². The molecule has 8 nitrogen and oxygen atoms in total. The molecule has 5 aliphatic rings. The van der Waals surface area contributed by atoms with Crippen molar-refractivity contribution in [3.8, 4) is 0 Å². The smallest absolute Gasteiger partial charge is 0.314 e. The number of rotatable bonds is 5. The number of esters is 3. The maximum Gasteiger partial charge on any atom is 0.314 e. The van der Waals surface area contributed by atoms with Gasteiger partial charge in [-0.15, -0.1) is 0 Å². The molecule has 1 spiro atoms. The maximum absolute atomic E-state index is 13.9. The predicted molar refractivity (Wildman–Crippen MR) is 133 cm³/mol. The van der Waals surface area contributed by atoms with Crippen molar-refractivity contribution in [1.29, 1.82) is 0 Å². The van der Waals surface area contributed by atoms with Crippen molar-refractivity contribution in [3.05, 3.63) is 12.2 Å². The van der Waals surface area contributed by atoms with Crippen LogP contribution in [0, 0.1) is 34.0 Å². The highest BCUT2D eigenvalue weighted by molar-refractivity contribution is 5.77. The molecule has 8 heteroatoms. The van der Waals surface area contributed by atoms with Crippen molar-refractivity contribution >= 4 is 17.9 Å². The van der Waals surface area contributed by atoms with Crippen LogP contribution in [0.15, 0.2) is 12.2 Å². The molecule has 206 valence electrons. The zero-order chi connectivity index (χ0) is 26.8. The number of hydrogen-bond acceptors (Lipinski definition) is 8. The first kappa shape index (κ1) is 26.7. The Labute approximate surface area is 219 Å². The summed E-state index contributed by atoms with van der Waals surface area (Å²) in [4.78, 5) is 36.8. The Morgan fingerprint density at radius 1 is 1.03 bits per heavy atom. The van der Waals surface area contributed by atoms with Crippen molar-refractivity contribution < 1.29 is 38.4 Å². The Balaban J connectivity index is 1.34. The van der Waals surface area contributed by atoms with Gasteiger partial charge in [-0.2, -0.15) is 0 Å². The Morgan fingerprint density at radius 3 is 2.49 bits per heavy atom. The van der Waals surface area contributed by atoms with E-state index in [1.54, 1.807) is 0 Å². The summed E-state index contributed by atoms with van der Waals surface area (Å²) >= 11 is 0. The second-order valence-electron chi connectivity index (χ2n) is 12.9. The van der Waals surface area contributed by atoms with Crippen molar-refractivity contribution in [1.82, 2.24) is 0 Å². The number of aliphatic hydroxyl groups is 1. The number of aliphatic hydroxyl groups excluding tert-OH is 1. The summed E-state index contributed by atoms with van der Waals surface area (Å²) in [5, 5.41) is 10.9. The summed E-state index contributed by atoms with van der Waals surface area (Å²) < 4.78 is 21.9. The molecule has 2 bridgehead atoms. The van der Waals surface area contributed by atoms with Crippen LogP contribution in [0.4, 0.5) is 0 Å². The molecule has 10 atom stereocenters. The first-order valence-corrected chi connectivity index (χ1v) is 13.9. The monoisotopic (exact) mass is 518 g/mol. The third-order valence-corrected chi connectivity index (χ3v) is 10.8. The minimum atomic E-state index is -1.37. The maximum atomic E-state index is 13.9. The molecule has 1 aliphatic heterocycles. The molecular weight excluding hydrogens is 476 g/mol. The van der Waals surface area contributed by atoms with Gasteiger partial charge in [0.05, 0.1) is 5.41 Å². The third-order valence-electron chi connectivity index (χ3n) is 10.8. The first-order chi connectivity index (χ1) is 17.4. The quantitative estimate of drug-likeness (QED) is 0.330. The van der Waals surface area contributed by atoms with Crippen molar-refractivity contribution in [2.24, 2.45) is 34.0 Å². The lowest BCUT2D eigenvalue weighted by molar-refractivity contribution is -0.217. The molecule has 1 N–H and O–H groups in total. The van der Waals surface area contributed by atoms with Crippen LogP contribution < -0.4 is 0 Å². The topological polar surface area (TPSA) is 108 Å². The normalized spacial score (nSPS) is 46.5. The van der Waals surface area contributed by atoms with Gasteiger partial charge in [0.15, 0.2) is 12.2 Å². The molecule has 0 unspecified atom stereocenters. The SMILES string of the molecule is C=C1C[C@@]23CC[C@H]4[C@@](C)(CCC[C@@]4(C)C(=O)O[C@@H]4O[C@H](COC(C)=O)[C@@H](OC(C)=O)[C@@H]4O)[C@@H]2CC[C@H]1C3. The summed E-state index contributed by atoms with van der Waals surface area (Å²) in [5.41, 5.74) is 1.11. The van der Waals surface area contributed by atoms with E-state index in [1.165, 1.54) is 38.7 Å². The molecule has 37 heavy (non-hydrogen) atoms. The molecule has 5 fully saturated rings. The first-order valence-electron chi connectivity index (χ1n) is 13.9. The molecule has 0 aromatic carbocycles. The largest absolute Gasteiger partial charge is 0.463 e. The summed E-state index contributed by atoms with van der Waals surface area (Å²) in [5.74, 6) is -0.0737. The molecule has 1 saturated heterocycles. The van der Waals surface area contributed by atoms with Crippen LogP contribution in [-0.2, 0) is 33.3 Å². The zero-order valence-electron chi connectivity index (χ0n) is 22.6. The van der Waals surface area contributed by atoms with Gasteiger partial charge in [0.2, 0.25) is 6.29 Å². The van der Waals surface area contributed by atoms with Gasteiger partial charge in [0.25, 0.3) is 0 Å². The number of carbonyl (C=O) groups excluding carboxylic acids is 3. The summed E-state index contributed by atoms with van der Waals surface area (Å²) in [7, 11) is 0. The van der Waals surface area contributed by atoms with Gasteiger partial charge in [-0.05, 0) is 86.9 Å². The Hall–Kier alpha value is -1.93. The average molecular weight is 519 g/mol. The molecule has 5 rings (SSSR count). The summed E-state index contributed by atoms with van der Waals surface area (Å²) in [6.07, 6.45) is 5.01. The van der Waals surface area contributed by atoms with E-state index in [1.807, 2.05) is 6.92 Å². The van der Waals surface area contributed by atoms with E-state index in [4.69, 9.17) is 18.9 Å². The van der Waals surface area contributed by atoms with Gasteiger partial charge >= 0.3 is 17.9 Å². The van der Waals surface area contributed by atoms with Gasteiger partial charge in [0.1, 0.15) is 12.7 Å². The molecule has 0 radical (unpaired) electrons. The lowest BCUT2D eigenvalue weighted by Crippen LogP contribution is -2.58. The third kappa shape index (κ3) is 4.32. The van der Waals surface area contributed by atoms with Crippen molar-refractivity contribution in [3.63, 3.8) is 0 Å². The number of ether oxygens (including phenoxy) is 4. The van der Waals surface area contributed by atoms with Crippen molar-refractivity contribution in [2.45, 2.75) is 110 Å². The van der Waals surface area contributed by atoms with Crippen LogP contribution in [-0.4, -0.2) is 54.2 Å². The number of allylic oxidation sites excluding steroid dienone is 1. The van der Waals surface area contributed by atoms with Gasteiger partial charge < -0.3 is 24.1 Å². The molecule has 4 aliphatic carbocycles.